The molecule has 1 aromatic rings. The number of hydrogen-bond donors (Lipinski definition) is 1. The van der Waals surface area contributed by atoms with Crippen molar-refractivity contribution in [3.05, 3.63) is 29.8 Å². The number of rotatable bonds is 3. The Bertz CT molecular complexity index is 677. The fourth-order valence-corrected chi connectivity index (χ4v) is 3.68. The van der Waals surface area contributed by atoms with Gasteiger partial charge in [0.2, 0.25) is 5.91 Å². The lowest BCUT2D eigenvalue weighted by Crippen LogP contribution is -2.48. The highest BCUT2D eigenvalue weighted by Crippen LogP contribution is 2.38. The van der Waals surface area contributed by atoms with Crippen LogP contribution in [0.1, 0.15) is 24.8 Å². The summed E-state index contributed by atoms with van der Waals surface area (Å²) in [5.41, 5.74) is -0.958. The van der Waals surface area contributed by atoms with E-state index in [1.54, 1.807) is 4.90 Å². The number of halogens is 3. The van der Waals surface area contributed by atoms with E-state index >= 15 is 0 Å². The van der Waals surface area contributed by atoms with Crippen LogP contribution in [-0.4, -0.2) is 47.6 Å². The Morgan fingerprint density at radius 1 is 1.16 bits per heavy atom. The molecule has 8 heteroatoms. The van der Waals surface area contributed by atoms with Crippen molar-refractivity contribution < 1.29 is 27.9 Å². The number of alkyl halides is 3. The van der Waals surface area contributed by atoms with Crippen LogP contribution in [0.2, 0.25) is 0 Å². The van der Waals surface area contributed by atoms with Crippen LogP contribution in [0, 0.1) is 5.92 Å². The highest BCUT2D eigenvalue weighted by Gasteiger charge is 2.42. The number of aliphatic carboxylic acids is 1. The van der Waals surface area contributed by atoms with Crippen molar-refractivity contribution in [3.8, 4) is 0 Å². The van der Waals surface area contributed by atoms with E-state index in [9.17, 15) is 27.9 Å². The van der Waals surface area contributed by atoms with Gasteiger partial charge in [0.15, 0.2) is 0 Å². The molecule has 1 N–H and O–H groups in total. The van der Waals surface area contributed by atoms with Crippen LogP contribution in [-0.2, 0) is 15.8 Å². The average molecular weight is 356 g/mol. The number of para-hydroxylation sites is 1. The molecule has 0 bridgehead atoms. The minimum atomic E-state index is -4.53. The molecule has 0 spiro atoms. The fraction of sp³-hybridized carbons (Fsp3) is 0.529. The van der Waals surface area contributed by atoms with E-state index in [1.165, 1.54) is 23.1 Å². The van der Waals surface area contributed by atoms with E-state index < -0.39 is 29.7 Å². The number of carboxylic acid groups (broad SMARTS) is 1. The van der Waals surface area contributed by atoms with Crippen LogP contribution < -0.4 is 4.90 Å². The molecule has 3 rings (SSSR count). The van der Waals surface area contributed by atoms with Crippen molar-refractivity contribution in [2.45, 2.75) is 31.5 Å². The van der Waals surface area contributed by atoms with Crippen LogP contribution in [0.4, 0.5) is 18.9 Å². The van der Waals surface area contributed by atoms with Gasteiger partial charge in [-0.15, -0.1) is 0 Å². The van der Waals surface area contributed by atoms with Gasteiger partial charge in [-0.1, -0.05) is 12.1 Å². The van der Waals surface area contributed by atoms with Crippen LogP contribution >= 0.6 is 0 Å². The normalized spacial score (nSPS) is 25.4. The molecule has 2 heterocycles. The molecule has 5 nitrogen and oxygen atoms in total. The molecule has 25 heavy (non-hydrogen) atoms. The predicted octanol–water partition coefficient (Wildman–Crippen LogP) is 2.61. The Kier molecular flexibility index (Phi) is 4.73. The van der Waals surface area contributed by atoms with Gasteiger partial charge in [-0.05, 0) is 37.9 Å². The molecule has 2 fully saturated rings. The summed E-state index contributed by atoms with van der Waals surface area (Å²) in [7, 11) is 0. The molecule has 1 aromatic carbocycles. The third-order valence-corrected chi connectivity index (χ3v) is 4.92. The van der Waals surface area contributed by atoms with E-state index in [0.717, 1.165) is 6.07 Å². The monoisotopic (exact) mass is 356 g/mol. The number of anilines is 1. The summed E-state index contributed by atoms with van der Waals surface area (Å²) in [5, 5.41) is 9.17. The summed E-state index contributed by atoms with van der Waals surface area (Å²) < 4.78 is 39.6. The topological polar surface area (TPSA) is 60.9 Å². The van der Waals surface area contributed by atoms with Crippen molar-refractivity contribution in [2.24, 2.45) is 5.92 Å². The van der Waals surface area contributed by atoms with Crippen LogP contribution in [0.25, 0.3) is 0 Å². The van der Waals surface area contributed by atoms with Gasteiger partial charge < -0.3 is 10.0 Å². The zero-order valence-electron chi connectivity index (χ0n) is 13.5. The van der Waals surface area contributed by atoms with E-state index in [4.69, 9.17) is 0 Å². The molecule has 2 atom stereocenters. The maximum atomic E-state index is 13.2. The van der Waals surface area contributed by atoms with E-state index in [0.29, 0.717) is 25.8 Å². The lowest BCUT2D eigenvalue weighted by Gasteiger charge is -2.34. The summed E-state index contributed by atoms with van der Waals surface area (Å²) in [4.78, 5) is 26.9. The summed E-state index contributed by atoms with van der Waals surface area (Å²) in [6.07, 6.45) is -2.90. The molecule has 0 saturated carbocycles. The minimum Gasteiger partial charge on any atom is -0.481 e. The van der Waals surface area contributed by atoms with Crippen molar-refractivity contribution in [3.63, 3.8) is 0 Å². The number of carbonyl (C=O) groups is 2. The van der Waals surface area contributed by atoms with Gasteiger partial charge in [-0.25, -0.2) is 0 Å². The molecule has 0 aliphatic carbocycles. The minimum absolute atomic E-state index is 0.130. The number of carboxylic acids is 1. The van der Waals surface area contributed by atoms with Crippen LogP contribution in [0.5, 0.6) is 0 Å². The average Bonchev–Trinajstić information content (AvgIpc) is 2.95. The van der Waals surface area contributed by atoms with E-state index in [-0.39, 0.29) is 24.7 Å². The fourth-order valence-electron chi connectivity index (χ4n) is 3.68. The first kappa shape index (κ1) is 17.7. The van der Waals surface area contributed by atoms with Gasteiger partial charge in [0.1, 0.15) is 0 Å². The van der Waals surface area contributed by atoms with Gasteiger partial charge in [-0.3, -0.25) is 14.5 Å². The largest absolute Gasteiger partial charge is 0.481 e. The SMILES string of the molecule is O=C(O)C1CCCN(C2CCN(c3ccccc3C(F)(F)F)C2=O)C1. The van der Waals surface area contributed by atoms with Gasteiger partial charge >= 0.3 is 12.1 Å². The molecule has 136 valence electrons. The first-order valence-electron chi connectivity index (χ1n) is 8.23. The van der Waals surface area contributed by atoms with Crippen molar-refractivity contribution in [1.82, 2.24) is 4.90 Å². The highest BCUT2D eigenvalue weighted by molar-refractivity contribution is 6.00. The smallest absolute Gasteiger partial charge is 0.418 e. The second-order valence-corrected chi connectivity index (χ2v) is 6.48. The summed E-state index contributed by atoms with van der Waals surface area (Å²) in [6, 6.07) is 4.50. The van der Waals surface area contributed by atoms with Crippen molar-refractivity contribution in [2.75, 3.05) is 24.5 Å². The molecule has 1 amide bonds. The first-order chi connectivity index (χ1) is 11.8. The van der Waals surface area contributed by atoms with Gasteiger partial charge in [-0.2, -0.15) is 13.2 Å². The van der Waals surface area contributed by atoms with E-state index in [2.05, 4.69) is 0 Å². The molecule has 2 aliphatic heterocycles. The van der Waals surface area contributed by atoms with Crippen molar-refractivity contribution in [1.29, 1.82) is 0 Å². The molecule has 2 aliphatic rings. The molecule has 0 aromatic heterocycles. The zero-order valence-corrected chi connectivity index (χ0v) is 13.5. The van der Waals surface area contributed by atoms with Crippen LogP contribution in [0.3, 0.4) is 0 Å². The number of nitrogens with zero attached hydrogens (tertiary/aromatic N) is 2. The Hall–Kier alpha value is -2.09. The molecule has 0 radical (unpaired) electrons. The highest BCUT2D eigenvalue weighted by atomic mass is 19.4. The lowest BCUT2D eigenvalue weighted by atomic mass is 9.96. The maximum Gasteiger partial charge on any atom is 0.418 e. The first-order valence-corrected chi connectivity index (χ1v) is 8.23. The summed E-state index contributed by atoms with van der Waals surface area (Å²) >= 11 is 0. The number of benzene rings is 1. The van der Waals surface area contributed by atoms with E-state index in [1.807, 2.05) is 0 Å². The number of hydrogen-bond acceptors (Lipinski definition) is 3. The number of carbonyl (C=O) groups excluding carboxylic acids is 1. The Morgan fingerprint density at radius 2 is 1.88 bits per heavy atom. The number of piperidine rings is 1. The second-order valence-electron chi connectivity index (χ2n) is 6.48. The predicted molar refractivity (Wildman–Crippen MR) is 84.1 cm³/mol. The second kappa shape index (κ2) is 6.67. The third-order valence-electron chi connectivity index (χ3n) is 4.92. The van der Waals surface area contributed by atoms with Gasteiger partial charge in [0, 0.05) is 13.1 Å². The van der Waals surface area contributed by atoms with Gasteiger partial charge in [0.25, 0.3) is 0 Å². The summed E-state index contributed by atoms with van der Waals surface area (Å²) in [5.74, 6) is -1.81. The maximum absolute atomic E-state index is 13.2. The summed E-state index contributed by atoms with van der Waals surface area (Å²) in [6.45, 7) is 1.06. The lowest BCUT2D eigenvalue weighted by molar-refractivity contribution is -0.144. The molecular weight excluding hydrogens is 337 g/mol. The molecule has 2 unspecified atom stereocenters. The third kappa shape index (κ3) is 3.49. The van der Waals surface area contributed by atoms with Gasteiger partial charge in [0.05, 0.1) is 23.2 Å². The standard InChI is InChI=1S/C17H19F3N2O3/c18-17(19,20)12-5-1-2-6-13(12)22-9-7-14(15(22)23)21-8-3-4-11(10-21)16(24)25/h1-2,5-6,11,14H,3-4,7-10H2,(H,24,25). The Balaban J connectivity index is 1.80. The van der Waals surface area contributed by atoms with Crippen molar-refractivity contribution >= 4 is 17.6 Å². The molecule has 2 saturated heterocycles. The Labute approximate surface area is 143 Å². The molecular formula is C17H19F3N2O3. The quantitative estimate of drug-likeness (QED) is 0.904. The van der Waals surface area contributed by atoms with Crippen LogP contribution in [0.15, 0.2) is 24.3 Å². The zero-order chi connectivity index (χ0) is 18.2. The Morgan fingerprint density at radius 3 is 2.56 bits per heavy atom. The number of amides is 1. The number of likely N-dealkylation sites (tertiary alicyclic amines) is 1.